The SMILES string of the molecule is CC(N=C1NSc2ccccc2N1)c1cccnc1. The molecule has 1 unspecified atom stereocenters. The Morgan fingerprint density at radius 3 is 2.95 bits per heavy atom. The van der Waals surface area contributed by atoms with Crippen molar-refractivity contribution in [3.8, 4) is 0 Å². The number of aromatic nitrogens is 1. The Balaban J connectivity index is 1.79. The molecule has 0 saturated carbocycles. The van der Waals surface area contributed by atoms with Gasteiger partial charge < -0.3 is 5.32 Å². The van der Waals surface area contributed by atoms with Crippen LogP contribution in [0.15, 0.2) is 58.7 Å². The van der Waals surface area contributed by atoms with Crippen LogP contribution < -0.4 is 10.0 Å². The van der Waals surface area contributed by atoms with Crippen molar-refractivity contribution in [2.75, 3.05) is 5.32 Å². The summed E-state index contributed by atoms with van der Waals surface area (Å²) >= 11 is 1.58. The van der Waals surface area contributed by atoms with Gasteiger partial charge in [-0.25, -0.2) is 4.99 Å². The van der Waals surface area contributed by atoms with Crippen molar-refractivity contribution in [2.24, 2.45) is 4.99 Å². The third-order valence-electron chi connectivity index (χ3n) is 2.89. The van der Waals surface area contributed by atoms with Crippen molar-refractivity contribution in [3.63, 3.8) is 0 Å². The molecule has 5 heteroatoms. The molecule has 1 aromatic carbocycles. The molecular weight excluding hydrogens is 256 g/mol. The molecule has 0 aliphatic carbocycles. The minimum absolute atomic E-state index is 0.0644. The molecule has 4 nitrogen and oxygen atoms in total. The molecule has 96 valence electrons. The molecule has 19 heavy (non-hydrogen) atoms. The van der Waals surface area contributed by atoms with E-state index in [-0.39, 0.29) is 6.04 Å². The number of benzene rings is 1. The van der Waals surface area contributed by atoms with E-state index >= 15 is 0 Å². The largest absolute Gasteiger partial charge is 0.325 e. The Morgan fingerprint density at radius 2 is 2.11 bits per heavy atom. The second kappa shape index (κ2) is 5.32. The zero-order valence-corrected chi connectivity index (χ0v) is 11.3. The first-order chi connectivity index (χ1) is 9.33. The van der Waals surface area contributed by atoms with E-state index in [1.54, 1.807) is 18.1 Å². The summed E-state index contributed by atoms with van der Waals surface area (Å²) in [4.78, 5) is 9.93. The van der Waals surface area contributed by atoms with E-state index in [0.29, 0.717) is 0 Å². The lowest BCUT2D eigenvalue weighted by Gasteiger charge is -2.21. The van der Waals surface area contributed by atoms with E-state index in [9.17, 15) is 0 Å². The van der Waals surface area contributed by atoms with Gasteiger partial charge >= 0.3 is 0 Å². The molecule has 0 bridgehead atoms. The second-order valence-corrected chi connectivity index (χ2v) is 5.11. The molecule has 0 radical (unpaired) electrons. The number of pyridine rings is 1. The first-order valence-electron chi connectivity index (χ1n) is 6.09. The first-order valence-corrected chi connectivity index (χ1v) is 6.91. The molecule has 0 fully saturated rings. The topological polar surface area (TPSA) is 49.3 Å². The van der Waals surface area contributed by atoms with E-state index in [0.717, 1.165) is 17.2 Å². The van der Waals surface area contributed by atoms with Gasteiger partial charge in [0.25, 0.3) is 0 Å². The molecule has 2 aromatic rings. The second-order valence-electron chi connectivity index (χ2n) is 4.27. The van der Waals surface area contributed by atoms with Gasteiger partial charge in [0.15, 0.2) is 0 Å². The van der Waals surface area contributed by atoms with Gasteiger partial charge in [0.05, 0.1) is 16.6 Å². The van der Waals surface area contributed by atoms with E-state index in [1.807, 2.05) is 36.5 Å². The number of guanidine groups is 1. The summed E-state index contributed by atoms with van der Waals surface area (Å²) in [5.41, 5.74) is 2.19. The quantitative estimate of drug-likeness (QED) is 0.823. The van der Waals surface area contributed by atoms with Crippen LogP contribution in [0.5, 0.6) is 0 Å². The Labute approximate surface area is 116 Å². The minimum atomic E-state index is 0.0644. The predicted molar refractivity (Wildman–Crippen MR) is 79.1 cm³/mol. The van der Waals surface area contributed by atoms with Gasteiger partial charge in [-0.2, -0.15) is 0 Å². The molecule has 3 rings (SSSR count). The van der Waals surface area contributed by atoms with Gasteiger partial charge in [-0.1, -0.05) is 18.2 Å². The van der Waals surface area contributed by atoms with Crippen molar-refractivity contribution in [1.29, 1.82) is 0 Å². The van der Waals surface area contributed by atoms with E-state index < -0.39 is 0 Å². The van der Waals surface area contributed by atoms with Crippen molar-refractivity contribution < 1.29 is 0 Å². The lowest BCUT2D eigenvalue weighted by atomic mass is 10.1. The molecule has 1 aliphatic rings. The molecule has 1 aliphatic heterocycles. The number of aliphatic imine (C=N–C) groups is 1. The first kappa shape index (κ1) is 12.0. The van der Waals surface area contributed by atoms with Crippen molar-refractivity contribution in [3.05, 3.63) is 54.4 Å². The fraction of sp³-hybridized carbons (Fsp3) is 0.143. The van der Waals surface area contributed by atoms with Gasteiger partial charge in [0.2, 0.25) is 5.96 Å². The zero-order chi connectivity index (χ0) is 13.1. The number of nitrogens with zero attached hydrogens (tertiary/aromatic N) is 2. The van der Waals surface area contributed by atoms with Crippen molar-refractivity contribution in [1.82, 2.24) is 9.71 Å². The fourth-order valence-electron chi connectivity index (χ4n) is 1.87. The highest BCUT2D eigenvalue weighted by atomic mass is 32.2. The smallest absolute Gasteiger partial charge is 0.206 e. The molecule has 1 atom stereocenters. The van der Waals surface area contributed by atoms with Gasteiger partial charge in [0, 0.05) is 12.4 Å². The predicted octanol–water partition coefficient (Wildman–Crippen LogP) is 3.22. The monoisotopic (exact) mass is 270 g/mol. The molecular formula is C14H14N4S. The molecule has 0 amide bonds. The van der Waals surface area contributed by atoms with Crippen LogP contribution in [0.25, 0.3) is 0 Å². The van der Waals surface area contributed by atoms with Gasteiger partial charge in [-0.05, 0) is 42.6 Å². The fourth-order valence-corrected chi connectivity index (χ4v) is 2.55. The number of nitrogens with one attached hydrogen (secondary N) is 2. The van der Waals surface area contributed by atoms with E-state index in [4.69, 9.17) is 0 Å². The van der Waals surface area contributed by atoms with Crippen LogP contribution >= 0.6 is 11.9 Å². The van der Waals surface area contributed by atoms with Crippen LogP contribution in [0.1, 0.15) is 18.5 Å². The molecule has 0 spiro atoms. The Kier molecular flexibility index (Phi) is 3.37. The molecule has 1 aromatic heterocycles. The highest BCUT2D eigenvalue weighted by molar-refractivity contribution is 7.98. The summed E-state index contributed by atoms with van der Waals surface area (Å²) in [7, 11) is 0. The Hall–Kier alpha value is -2.01. The normalized spacial score (nSPS) is 17.2. The van der Waals surface area contributed by atoms with Crippen LogP contribution in [-0.4, -0.2) is 10.9 Å². The molecule has 2 heterocycles. The lowest BCUT2D eigenvalue weighted by Crippen LogP contribution is -2.29. The highest BCUT2D eigenvalue weighted by Gasteiger charge is 2.14. The van der Waals surface area contributed by atoms with Crippen LogP contribution in [0.3, 0.4) is 0 Å². The average Bonchev–Trinajstić information content (AvgIpc) is 2.48. The molecule has 0 saturated heterocycles. The van der Waals surface area contributed by atoms with E-state index in [1.165, 1.54) is 4.90 Å². The summed E-state index contributed by atoms with van der Waals surface area (Å²) in [6.07, 6.45) is 3.62. The van der Waals surface area contributed by atoms with Crippen LogP contribution in [-0.2, 0) is 0 Å². The third-order valence-corrected chi connectivity index (χ3v) is 3.76. The van der Waals surface area contributed by atoms with Gasteiger partial charge in [-0.3, -0.25) is 9.71 Å². The number of para-hydroxylation sites is 1. The Morgan fingerprint density at radius 1 is 1.21 bits per heavy atom. The van der Waals surface area contributed by atoms with Gasteiger partial charge in [0.1, 0.15) is 0 Å². The van der Waals surface area contributed by atoms with E-state index in [2.05, 4.69) is 33.0 Å². The van der Waals surface area contributed by atoms with Crippen LogP contribution in [0.4, 0.5) is 5.69 Å². The number of fused-ring (bicyclic) bond motifs is 1. The molecule has 2 N–H and O–H groups in total. The number of rotatable bonds is 2. The van der Waals surface area contributed by atoms with Crippen LogP contribution in [0, 0.1) is 0 Å². The average molecular weight is 270 g/mol. The maximum atomic E-state index is 4.64. The van der Waals surface area contributed by atoms with Crippen molar-refractivity contribution in [2.45, 2.75) is 17.9 Å². The minimum Gasteiger partial charge on any atom is -0.325 e. The summed E-state index contributed by atoms with van der Waals surface area (Å²) in [6.45, 7) is 2.05. The Bertz CT molecular complexity index is 597. The van der Waals surface area contributed by atoms with Crippen LogP contribution in [0.2, 0.25) is 0 Å². The highest BCUT2D eigenvalue weighted by Crippen LogP contribution is 2.28. The summed E-state index contributed by atoms with van der Waals surface area (Å²) in [5.74, 6) is 0.778. The zero-order valence-electron chi connectivity index (χ0n) is 10.5. The number of hydrogen-bond acceptors (Lipinski definition) is 3. The third kappa shape index (κ3) is 2.71. The maximum absolute atomic E-state index is 4.64. The standard InChI is InChI=1S/C14H14N4S/c1-10(11-5-4-8-15-9-11)16-14-17-12-6-2-3-7-13(12)19-18-14/h2-10H,1H3,(H2,16,17,18). The number of hydrogen-bond donors (Lipinski definition) is 2. The number of anilines is 1. The van der Waals surface area contributed by atoms with Crippen molar-refractivity contribution >= 4 is 23.6 Å². The summed E-state index contributed by atoms with van der Waals surface area (Å²) < 4.78 is 3.21. The lowest BCUT2D eigenvalue weighted by molar-refractivity contribution is 0.808. The summed E-state index contributed by atoms with van der Waals surface area (Å²) in [6, 6.07) is 12.2. The maximum Gasteiger partial charge on any atom is 0.206 e. The summed E-state index contributed by atoms with van der Waals surface area (Å²) in [5, 5.41) is 3.30. The van der Waals surface area contributed by atoms with Gasteiger partial charge in [-0.15, -0.1) is 0 Å².